The number of hydrogen-bond acceptors (Lipinski definition) is 2. The van der Waals surface area contributed by atoms with Crippen LogP contribution in [0.3, 0.4) is 0 Å². The van der Waals surface area contributed by atoms with Gasteiger partial charge in [-0.15, -0.1) is 0 Å². The molecule has 0 unspecified atom stereocenters. The molecule has 2 rings (SSSR count). The van der Waals surface area contributed by atoms with E-state index in [1.54, 1.807) is 0 Å². The number of carbonyl (C=O) groups is 2. The summed E-state index contributed by atoms with van der Waals surface area (Å²) in [6.07, 6.45) is 6.30. The maximum atomic E-state index is 12.6. The fourth-order valence-electron chi connectivity index (χ4n) is 3.66. The van der Waals surface area contributed by atoms with Gasteiger partial charge in [0, 0.05) is 13.1 Å². The first-order valence-electron chi connectivity index (χ1n) is 7.83. The van der Waals surface area contributed by atoms with Gasteiger partial charge in [0.05, 0.1) is 0 Å². The molecular weight excluding hydrogens is 254 g/mol. The van der Waals surface area contributed by atoms with Gasteiger partial charge in [0.25, 0.3) is 0 Å². The summed E-state index contributed by atoms with van der Waals surface area (Å²) in [6, 6.07) is -1.11. The lowest BCUT2D eigenvalue weighted by Gasteiger charge is -2.42. The average Bonchev–Trinajstić information content (AvgIpc) is 2.43. The average molecular weight is 281 g/mol. The lowest BCUT2D eigenvalue weighted by atomic mass is 9.75. The minimum atomic E-state index is -0.621. The van der Waals surface area contributed by atoms with Gasteiger partial charge in [0.1, 0.15) is 6.04 Å². The van der Waals surface area contributed by atoms with Crippen molar-refractivity contribution in [3.8, 4) is 0 Å². The highest BCUT2D eigenvalue weighted by Gasteiger charge is 2.36. The van der Waals surface area contributed by atoms with Crippen LogP contribution in [0.25, 0.3) is 0 Å². The van der Waals surface area contributed by atoms with Crippen molar-refractivity contribution in [1.82, 2.24) is 10.2 Å². The highest BCUT2D eigenvalue weighted by molar-refractivity contribution is 5.86. The highest BCUT2D eigenvalue weighted by atomic mass is 16.2. The van der Waals surface area contributed by atoms with Gasteiger partial charge in [-0.1, -0.05) is 33.1 Å². The lowest BCUT2D eigenvalue weighted by molar-refractivity contribution is -0.137. The van der Waals surface area contributed by atoms with Crippen LogP contribution >= 0.6 is 0 Å². The second kappa shape index (κ2) is 6.46. The summed E-state index contributed by atoms with van der Waals surface area (Å²) in [6.45, 7) is 5.55. The minimum Gasteiger partial charge on any atom is -0.352 e. The van der Waals surface area contributed by atoms with Gasteiger partial charge < -0.3 is 16.0 Å². The van der Waals surface area contributed by atoms with Crippen LogP contribution in [0.1, 0.15) is 46.0 Å². The predicted molar refractivity (Wildman–Crippen MR) is 78.0 cm³/mol. The maximum Gasteiger partial charge on any atom is 0.312 e. The van der Waals surface area contributed by atoms with Crippen molar-refractivity contribution < 1.29 is 9.59 Å². The SMILES string of the molecule is CC(C)[C@H](NC(N)=O)C(=O)N1CC[C@H]2CCCC[C@H]2C1. The molecule has 2 aliphatic rings. The summed E-state index contributed by atoms with van der Waals surface area (Å²) >= 11 is 0. The maximum absolute atomic E-state index is 12.6. The highest BCUT2D eigenvalue weighted by Crippen LogP contribution is 2.36. The zero-order chi connectivity index (χ0) is 14.7. The van der Waals surface area contributed by atoms with Crippen molar-refractivity contribution in [2.24, 2.45) is 23.5 Å². The Labute approximate surface area is 121 Å². The van der Waals surface area contributed by atoms with Crippen molar-refractivity contribution in [2.75, 3.05) is 13.1 Å². The van der Waals surface area contributed by atoms with Gasteiger partial charge in [0.2, 0.25) is 5.91 Å². The Morgan fingerprint density at radius 1 is 1.15 bits per heavy atom. The summed E-state index contributed by atoms with van der Waals surface area (Å²) in [5.41, 5.74) is 5.18. The lowest BCUT2D eigenvalue weighted by Crippen LogP contribution is -2.55. The van der Waals surface area contributed by atoms with Gasteiger partial charge in [0.15, 0.2) is 0 Å². The zero-order valence-corrected chi connectivity index (χ0v) is 12.6. The van der Waals surface area contributed by atoms with Crippen LogP contribution in [0.4, 0.5) is 4.79 Å². The monoisotopic (exact) mass is 281 g/mol. The fourth-order valence-corrected chi connectivity index (χ4v) is 3.66. The number of carbonyl (C=O) groups excluding carboxylic acids is 2. The molecule has 0 bridgehead atoms. The summed E-state index contributed by atoms with van der Waals surface area (Å²) < 4.78 is 0. The minimum absolute atomic E-state index is 0.0304. The van der Waals surface area contributed by atoms with Crippen LogP contribution < -0.4 is 11.1 Å². The summed E-state index contributed by atoms with van der Waals surface area (Å²) in [5.74, 6) is 1.54. The molecule has 3 amide bonds. The predicted octanol–water partition coefficient (Wildman–Crippen LogP) is 1.72. The van der Waals surface area contributed by atoms with Crippen molar-refractivity contribution in [3.63, 3.8) is 0 Å². The van der Waals surface area contributed by atoms with Crippen LogP contribution in [0, 0.1) is 17.8 Å². The molecule has 0 aromatic rings. The van der Waals surface area contributed by atoms with E-state index in [0.29, 0.717) is 5.92 Å². The van der Waals surface area contributed by atoms with Crippen LogP contribution in [0.5, 0.6) is 0 Å². The van der Waals surface area contributed by atoms with Crippen LogP contribution in [-0.4, -0.2) is 36.0 Å². The molecule has 1 heterocycles. The number of fused-ring (bicyclic) bond motifs is 1. The number of urea groups is 1. The molecule has 1 aliphatic heterocycles. The molecule has 0 spiro atoms. The number of amides is 3. The normalized spacial score (nSPS) is 27.9. The number of likely N-dealkylation sites (tertiary alicyclic amines) is 1. The van der Waals surface area contributed by atoms with Gasteiger partial charge >= 0.3 is 6.03 Å². The van der Waals surface area contributed by atoms with Gasteiger partial charge in [-0.25, -0.2) is 4.79 Å². The number of rotatable bonds is 3. The Morgan fingerprint density at radius 2 is 1.80 bits per heavy atom. The van der Waals surface area contributed by atoms with Crippen LogP contribution in [0.15, 0.2) is 0 Å². The zero-order valence-electron chi connectivity index (χ0n) is 12.6. The topological polar surface area (TPSA) is 75.4 Å². The Morgan fingerprint density at radius 3 is 2.40 bits per heavy atom. The van der Waals surface area contributed by atoms with Crippen molar-refractivity contribution >= 4 is 11.9 Å². The van der Waals surface area contributed by atoms with Crippen molar-refractivity contribution in [3.05, 3.63) is 0 Å². The molecule has 20 heavy (non-hydrogen) atoms. The number of piperidine rings is 1. The molecule has 0 aromatic carbocycles. The van der Waals surface area contributed by atoms with E-state index >= 15 is 0 Å². The van der Waals surface area contributed by atoms with Crippen LogP contribution in [-0.2, 0) is 4.79 Å². The number of nitrogens with two attached hydrogens (primary N) is 1. The second-order valence-electron chi connectivity index (χ2n) is 6.61. The molecule has 1 saturated heterocycles. The summed E-state index contributed by atoms with van der Waals surface area (Å²) in [7, 11) is 0. The Balaban J connectivity index is 1.98. The van der Waals surface area contributed by atoms with E-state index in [0.717, 1.165) is 25.4 Å². The molecule has 2 fully saturated rings. The Hall–Kier alpha value is -1.26. The third-order valence-electron chi connectivity index (χ3n) is 4.83. The number of hydrogen-bond donors (Lipinski definition) is 2. The smallest absolute Gasteiger partial charge is 0.312 e. The van der Waals surface area contributed by atoms with Gasteiger partial charge in [-0.05, 0) is 30.6 Å². The largest absolute Gasteiger partial charge is 0.352 e. The fraction of sp³-hybridized carbons (Fsp3) is 0.867. The van der Waals surface area contributed by atoms with E-state index in [9.17, 15) is 9.59 Å². The molecule has 3 N–H and O–H groups in total. The first kappa shape index (κ1) is 15.1. The second-order valence-corrected chi connectivity index (χ2v) is 6.61. The Bertz CT molecular complexity index is 370. The standard InChI is InChI=1S/C15H27N3O2/c1-10(2)13(17-15(16)20)14(19)18-8-7-11-5-3-4-6-12(11)9-18/h10-13H,3-9H2,1-2H3,(H3,16,17,20)/t11-,12+,13+/m1/s1. The first-order chi connectivity index (χ1) is 9.49. The first-order valence-corrected chi connectivity index (χ1v) is 7.83. The number of nitrogens with one attached hydrogen (secondary N) is 1. The van der Waals surface area contributed by atoms with Crippen molar-refractivity contribution in [1.29, 1.82) is 0 Å². The molecule has 114 valence electrons. The summed E-state index contributed by atoms with van der Waals surface area (Å²) in [4.78, 5) is 25.6. The number of primary amides is 1. The van der Waals surface area contributed by atoms with Crippen molar-refractivity contribution in [2.45, 2.75) is 52.0 Å². The molecule has 0 radical (unpaired) electrons. The Kier molecular flexibility index (Phi) is 4.89. The quantitative estimate of drug-likeness (QED) is 0.826. The molecular formula is C15H27N3O2. The molecule has 1 aliphatic carbocycles. The van der Waals surface area contributed by atoms with Gasteiger partial charge in [-0.3, -0.25) is 4.79 Å². The van der Waals surface area contributed by atoms with E-state index < -0.39 is 12.1 Å². The molecule has 5 heteroatoms. The summed E-state index contributed by atoms with van der Waals surface area (Å²) in [5, 5.41) is 2.60. The molecule has 0 aromatic heterocycles. The van der Waals surface area contributed by atoms with E-state index in [2.05, 4.69) is 5.32 Å². The van der Waals surface area contributed by atoms with E-state index in [1.807, 2.05) is 18.7 Å². The van der Waals surface area contributed by atoms with E-state index in [-0.39, 0.29) is 11.8 Å². The third-order valence-corrected chi connectivity index (χ3v) is 4.83. The molecule has 1 saturated carbocycles. The van der Waals surface area contributed by atoms with Crippen LogP contribution in [0.2, 0.25) is 0 Å². The third kappa shape index (κ3) is 3.44. The van der Waals surface area contributed by atoms with E-state index in [1.165, 1.54) is 25.7 Å². The van der Waals surface area contributed by atoms with E-state index in [4.69, 9.17) is 5.73 Å². The molecule has 5 nitrogen and oxygen atoms in total. The van der Waals surface area contributed by atoms with Gasteiger partial charge in [-0.2, -0.15) is 0 Å². The number of nitrogens with zero attached hydrogens (tertiary/aromatic N) is 1. The molecule has 3 atom stereocenters.